The Labute approximate surface area is 204 Å². The number of aldehydes is 1. The molecule has 0 aromatic rings. The summed E-state index contributed by atoms with van der Waals surface area (Å²) < 4.78 is 0. The van der Waals surface area contributed by atoms with E-state index in [2.05, 4.69) is 72.7 Å². The monoisotopic (exact) mass is 466 g/mol. The molecule has 0 bridgehead atoms. The van der Waals surface area contributed by atoms with Crippen molar-refractivity contribution in [2.24, 2.45) is 21.7 Å². The van der Waals surface area contributed by atoms with E-state index in [9.17, 15) is 14.4 Å². The summed E-state index contributed by atoms with van der Waals surface area (Å²) in [7, 11) is 2.09. The highest BCUT2D eigenvalue weighted by Crippen LogP contribution is 2.39. The van der Waals surface area contributed by atoms with Crippen LogP contribution in [0.1, 0.15) is 116 Å². The molecule has 0 saturated carbocycles. The van der Waals surface area contributed by atoms with Crippen LogP contribution in [0.25, 0.3) is 0 Å². The Morgan fingerprint density at radius 3 is 1.64 bits per heavy atom. The summed E-state index contributed by atoms with van der Waals surface area (Å²) in [5, 5.41) is 3.20. The molecule has 0 aromatic heterocycles. The summed E-state index contributed by atoms with van der Waals surface area (Å²) in [4.78, 5) is 38.7. The van der Waals surface area contributed by atoms with E-state index in [0.29, 0.717) is 19.4 Å². The Kier molecular flexibility index (Phi) is 10.2. The molecule has 0 heterocycles. The topological polar surface area (TPSA) is 66.5 Å². The van der Waals surface area contributed by atoms with Gasteiger partial charge in [0, 0.05) is 34.9 Å². The van der Waals surface area contributed by atoms with Crippen LogP contribution in [-0.4, -0.2) is 47.5 Å². The number of hydrogen-bond acceptors (Lipinski definition) is 4. The van der Waals surface area contributed by atoms with Gasteiger partial charge in [0.25, 0.3) is 0 Å². The van der Waals surface area contributed by atoms with Gasteiger partial charge in [-0.2, -0.15) is 0 Å². The minimum atomic E-state index is -0.557. The lowest BCUT2D eigenvalue weighted by molar-refractivity contribution is -0.133. The van der Waals surface area contributed by atoms with E-state index in [4.69, 9.17) is 0 Å². The van der Waals surface area contributed by atoms with Crippen LogP contribution < -0.4 is 5.32 Å². The number of Topliss-reactive ketones (excluding diaryl/α,β-unsaturated/α-hetero) is 1. The van der Waals surface area contributed by atoms with Gasteiger partial charge in [0.2, 0.25) is 5.91 Å². The van der Waals surface area contributed by atoms with Crippen molar-refractivity contribution >= 4 is 18.0 Å². The number of rotatable bonds is 14. The molecule has 0 aliphatic carbocycles. The number of carbonyl (C=O) groups excluding carboxylic acids is 3. The summed E-state index contributed by atoms with van der Waals surface area (Å²) in [6.45, 7) is 27.4. The third-order valence-electron chi connectivity index (χ3n) is 6.92. The van der Waals surface area contributed by atoms with Crippen LogP contribution in [0.5, 0.6) is 0 Å². The van der Waals surface area contributed by atoms with Crippen LogP contribution in [0, 0.1) is 21.7 Å². The Morgan fingerprint density at radius 1 is 0.758 bits per heavy atom. The molecule has 0 aliphatic rings. The highest BCUT2D eigenvalue weighted by molar-refractivity contribution is 5.82. The van der Waals surface area contributed by atoms with Crippen molar-refractivity contribution < 1.29 is 14.4 Å². The smallest absolute Gasteiger partial charge is 0.225 e. The van der Waals surface area contributed by atoms with Gasteiger partial charge in [0.1, 0.15) is 12.1 Å². The lowest BCUT2D eigenvalue weighted by Gasteiger charge is -2.50. The molecule has 5 heteroatoms. The zero-order valence-electron chi connectivity index (χ0n) is 24.3. The zero-order valence-corrected chi connectivity index (χ0v) is 24.3. The van der Waals surface area contributed by atoms with Crippen molar-refractivity contribution in [2.45, 2.75) is 127 Å². The Morgan fingerprint density at radius 2 is 1.21 bits per heavy atom. The summed E-state index contributed by atoms with van der Waals surface area (Å²) in [5.74, 6) is 0.249. The second-order valence-corrected chi connectivity index (χ2v) is 14.6. The second kappa shape index (κ2) is 10.6. The average Bonchev–Trinajstić information content (AvgIpc) is 2.54. The first-order chi connectivity index (χ1) is 14.4. The summed E-state index contributed by atoms with van der Waals surface area (Å²) in [6.07, 6.45) is 3.86. The maximum Gasteiger partial charge on any atom is 0.225 e. The molecule has 194 valence electrons. The van der Waals surface area contributed by atoms with E-state index in [-0.39, 0.29) is 33.6 Å². The Balaban J connectivity index is 5.28. The predicted octanol–water partition coefficient (Wildman–Crippen LogP) is 6.04. The normalized spacial score (nSPS) is 14.4. The molecule has 5 nitrogen and oxygen atoms in total. The average molecular weight is 467 g/mol. The van der Waals surface area contributed by atoms with E-state index in [1.807, 2.05) is 27.7 Å². The van der Waals surface area contributed by atoms with Gasteiger partial charge in [-0.15, -0.1) is 0 Å². The zero-order chi connectivity index (χ0) is 26.7. The van der Waals surface area contributed by atoms with E-state index in [1.54, 1.807) is 6.92 Å². The number of hydrogen-bond donors (Lipinski definition) is 1. The van der Waals surface area contributed by atoms with E-state index in [0.717, 1.165) is 19.1 Å². The molecule has 0 radical (unpaired) electrons. The second-order valence-electron chi connectivity index (χ2n) is 14.6. The van der Waals surface area contributed by atoms with Gasteiger partial charge in [0.05, 0.1) is 0 Å². The first kappa shape index (κ1) is 31.8. The summed E-state index contributed by atoms with van der Waals surface area (Å²) >= 11 is 0. The molecule has 0 saturated heterocycles. The molecule has 0 unspecified atom stereocenters. The maximum absolute atomic E-state index is 13.2. The SMILES string of the molecule is CC(=O)CC(C)(C)CC(C)(C)CNC(=O)C(C)(C)CC(C)(C)N(C)C(C)(C)CC(C)(C)C=O. The number of amides is 1. The van der Waals surface area contributed by atoms with Crippen molar-refractivity contribution in [1.29, 1.82) is 0 Å². The van der Waals surface area contributed by atoms with Gasteiger partial charge in [-0.05, 0) is 71.8 Å². The van der Waals surface area contributed by atoms with Crippen LogP contribution in [0.4, 0.5) is 0 Å². The molecule has 0 atom stereocenters. The number of ketones is 1. The molecule has 0 rings (SSSR count). The standard InChI is InChI=1S/C28H54N2O3/c1-21(32)15-23(2,3)16-24(4,5)19-29-22(33)26(8,9)18-28(12,13)30(14)27(10,11)17-25(6,7)20-31/h20H,15-19H2,1-14H3,(H,29,33). The molecule has 0 aromatic carbocycles. The highest BCUT2D eigenvalue weighted by atomic mass is 16.2. The first-order valence-corrected chi connectivity index (χ1v) is 12.4. The molecule has 0 spiro atoms. The Bertz CT molecular complexity index is 700. The van der Waals surface area contributed by atoms with Gasteiger partial charge >= 0.3 is 0 Å². The largest absolute Gasteiger partial charge is 0.355 e. The fourth-order valence-corrected chi connectivity index (χ4v) is 6.03. The van der Waals surface area contributed by atoms with Crippen LogP contribution in [0.15, 0.2) is 0 Å². The minimum absolute atomic E-state index is 0.0486. The summed E-state index contributed by atoms with van der Waals surface area (Å²) in [5.41, 5.74) is -1.62. The van der Waals surface area contributed by atoms with Crippen LogP contribution in [0.3, 0.4) is 0 Å². The van der Waals surface area contributed by atoms with Gasteiger partial charge in [-0.3, -0.25) is 9.69 Å². The van der Waals surface area contributed by atoms with E-state index in [1.165, 1.54) is 0 Å². The molecule has 1 amide bonds. The Hall–Kier alpha value is -1.23. The van der Waals surface area contributed by atoms with Gasteiger partial charge < -0.3 is 14.9 Å². The summed E-state index contributed by atoms with van der Waals surface area (Å²) in [6, 6.07) is 0. The van der Waals surface area contributed by atoms with E-state index >= 15 is 0 Å². The van der Waals surface area contributed by atoms with Crippen molar-refractivity contribution in [1.82, 2.24) is 10.2 Å². The quantitative estimate of drug-likeness (QED) is 0.317. The predicted molar refractivity (Wildman–Crippen MR) is 139 cm³/mol. The van der Waals surface area contributed by atoms with E-state index < -0.39 is 10.8 Å². The van der Waals surface area contributed by atoms with Gasteiger partial charge in [-0.25, -0.2) is 0 Å². The first-order valence-electron chi connectivity index (χ1n) is 12.4. The van der Waals surface area contributed by atoms with Crippen molar-refractivity contribution in [3.05, 3.63) is 0 Å². The lowest BCUT2D eigenvalue weighted by atomic mass is 9.72. The fourth-order valence-electron chi connectivity index (χ4n) is 6.03. The van der Waals surface area contributed by atoms with Crippen molar-refractivity contribution in [2.75, 3.05) is 13.6 Å². The third kappa shape index (κ3) is 10.7. The molecule has 0 aliphatic heterocycles. The number of carbonyl (C=O) groups is 3. The van der Waals surface area contributed by atoms with Crippen molar-refractivity contribution in [3.63, 3.8) is 0 Å². The fraction of sp³-hybridized carbons (Fsp3) is 0.893. The lowest BCUT2D eigenvalue weighted by Crippen LogP contribution is -2.57. The van der Waals surface area contributed by atoms with Crippen LogP contribution in [-0.2, 0) is 14.4 Å². The van der Waals surface area contributed by atoms with Crippen LogP contribution in [0.2, 0.25) is 0 Å². The third-order valence-corrected chi connectivity index (χ3v) is 6.92. The number of nitrogens with zero attached hydrogens (tertiary/aromatic N) is 1. The van der Waals surface area contributed by atoms with Gasteiger partial charge in [-0.1, -0.05) is 55.4 Å². The molecule has 0 fully saturated rings. The molecular weight excluding hydrogens is 412 g/mol. The van der Waals surface area contributed by atoms with Crippen LogP contribution >= 0.6 is 0 Å². The van der Waals surface area contributed by atoms with Crippen molar-refractivity contribution in [3.8, 4) is 0 Å². The molecular formula is C28H54N2O3. The molecule has 1 N–H and O–H groups in total. The highest BCUT2D eigenvalue weighted by Gasteiger charge is 2.43. The number of nitrogens with one attached hydrogen (secondary N) is 1. The van der Waals surface area contributed by atoms with Gasteiger partial charge in [0.15, 0.2) is 0 Å². The minimum Gasteiger partial charge on any atom is -0.355 e. The maximum atomic E-state index is 13.2. The molecule has 33 heavy (non-hydrogen) atoms.